The van der Waals surface area contributed by atoms with Crippen LogP contribution in [0, 0.1) is 6.92 Å². The SMILES string of the molecule is Cc1cccc(C(=O)O)n1.[Zn]. The summed E-state index contributed by atoms with van der Waals surface area (Å²) in [6.45, 7) is 1.76. The first-order chi connectivity index (χ1) is 4.70. The van der Waals surface area contributed by atoms with Crippen LogP contribution in [0.2, 0.25) is 0 Å². The van der Waals surface area contributed by atoms with Crippen molar-refractivity contribution in [3.05, 3.63) is 29.6 Å². The van der Waals surface area contributed by atoms with Crippen LogP contribution in [0.4, 0.5) is 0 Å². The van der Waals surface area contributed by atoms with Gasteiger partial charge in [0.2, 0.25) is 0 Å². The minimum absolute atomic E-state index is 0. The largest absolute Gasteiger partial charge is 0.477 e. The second-order valence-corrected chi connectivity index (χ2v) is 1.97. The van der Waals surface area contributed by atoms with Crippen LogP contribution < -0.4 is 0 Å². The predicted octanol–water partition coefficient (Wildman–Crippen LogP) is 1.09. The second-order valence-electron chi connectivity index (χ2n) is 1.97. The summed E-state index contributed by atoms with van der Waals surface area (Å²) in [4.78, 5) is 14.1. The third kappa shape index (κ3) is 2.77. The molecular weight excluding hydrogens is 195 g/mol. The topological polar surface area (TPSA) is 50.2 Å². The molecule has 1 rings (SSSR count). The van der Waals surface area contributed by atoms with E-state index in [0.29, 0.717) is 0 Å². The van der Waals surface area contributed by atoms with Crippen LogP contribution in [0.5, 0.6) is 0 Å². The minimum Gasteiger partial charge on any atom is -0.477 e. The molecule has 0 aliphatic carbocycles. The molecule has 0 atom stereocenters. The third-order valence-electron chi connectivity index (χ3n) is 1.11. The maximum Gasteiger partial charge on any atom is 0.354 e. The molecule has 0 fully saturated rings. The van der Waals surface area contributed by atoms with Gasteiger partial charge in [0.1, 0.15) is 5.69 Å². The molecule has 0 radical (unpaired) electrons. The summed E-state index contributed by atoms with van der Waals surface area (Å²) in [6, 6.07) is 4.90. The van der Waals surface area contributed by atoms with Crippen molar-refractivity contribution in [1.82, 2.24) is 4.98 Å². The normalized spacial score (nSPS) is 8.45. The zero-order chi connectivity index (χ0) is 7.56. The van der Waals surface area contributed by atoms with Gasteiger partial charge in [-0.15, -0.1) is 0 Å². The average molecular weight is 203 g/mol. The number of carboxylic acid groups (broad SMARTS) is 1. The summed E-state index contributed by atoms with van der Waals surface area (Å²) >= 11 is 0. The summed E-state index contributed by atoms with van der Waals surface area (Å²) in [6.07, 6.45) is 0. The molecule has 1 heterocycles. The summed E-state index contributed by atoms with van der Waals surface area (Å²) in [5, 5.41) is 8.45. The van der Waals surface area contributed by atoms with Crippen molar-refractivity contribution in [2.75, 3.05) is 0 Å². The first kappa shape index (κ1) is 10.2. The Morgan fingerprint density at radius 1 is 1.55 bits per heavy atom. The molecular formula is C7H7NO2Zn. The van der Waals surface area contributed by atoms with Gasteiger partial charge in [-0.2, -0.15) is 0 Å². The van der Waals surface area contributed by atoms with Gasteiger partial charge in [-0.25, -0.2) is 9.78 Å². The van der Waals surface area contributed by atoms with Gasteiger partial charge in [-0.1, -0.05) is 6.07 Å². The van der Waals surface area contributed by atoms with Gasteiger partial charge in [-0.05, 0) is 19.1 Å². The van der Waals surface area contributed by atoms with Crippen molar-refractivity contribution < 1.29 is 29.4 Å². The first-order valence-corrected chi connectivity index (χ1v) is 2.87. The van der Waals surface area contributed by atoms with E-state index in [1.165, 1.54) is 6.07 Å². The molecule has 54 valence electrons. The molecule has 11 heavy (non-hydrogen) atoms. The Morgan fingerprint density at radius 3 is 2.55 bits per heavy atom. The summed E-state index contributed by atoms with van der Waals surface area (Å²) in [5.41, 5.74) is 0.819. The Labute approximate surface area is 77.2 Å². The number of aromatic nitrogens is 1. The molecule has 1 N–H and O–H groups in total. The maximum atomic E-state index is 10.3. The molecule has 0 aromatic carbocycles. The molecule has 4 heteroatoms. The maximum absolute atomic E-state index is 10.3. The van der Waals surface area contributed by atoms with Crippen LogP contribution >= 0.6 is 0 Å². The van der Waals surface area contributed by atoms with E-state index in [2.05, 4.69) is 4.98 Å². The fourth-order valence-electron chi connectivity index (χ4n) is 0.662. The standard InChI is InChI=1S/C7H7NO2.Zn/c1-5-3-2-4-6(8-5)7(9)10;/h2-4H,1H3,(H,9,10);. The number of rotatable bonds is 1. The quantitative estimate of drug-likeness (QED) is 0.694. The zero-order valence-corrected chi connectivity index (χ0v) is 9.21. The number of pyridine rings is 1. The monoisotopic (exact) mass is 201 g/mol. The number of aryl methyl sites for hydroxylation is 1. The van der Waals surface area contributed by atoms with Gasteiger partial charge in [0.05, 0.1) is 0 Å². The number of carbonyl (C=O) groups is 1. The van der Waals surface area contributed by atoms with E-state index in [4.69, 9.17) is 5.11 Å². The Bertz CT molecular complexity index is 262. The predicted molar refractivity (Wildman–Crippen MR) is 35.9 cm³/mol. The Hall–Kier alpha value is -0.757. The Kier molecular flexibility index (Phi) is 3.90. The van der Waals surface area contributed by atoms with Gasteiger partial charge in [0.15, 0.2) is 0 Å². The van der Waals surface area contributed by atoms with Crippen molar-refractivity contribution in [1.29, 1.82) is 0 Å². The van der Waals surface area contributed by atoms with E-state index < -0.39 is 5.97 Å². The van der Waals surface area contributed by atoms with Gasteiger partial charge >= 0.3 is 5.97 Å². The fraction of sp³-hybridized carbons (Fsp3) is 0.143. The van der Waals surface area contributed by atoms with E-state index in [1.54, 1.807) is 19.1 Å². The molecule has 1 aromatic rings. The summed E-state index contributed by atoms with van der Waals surface area (Å²) < 4.78 is 0. The number of carboxylic acids is 1. The van der Waals surface area contributed by atoms with Crippen LogP contribution in [0.1, 0.15) is 16.2 Å². The Balaban J connectivity index is 0.000001000. The van der Waals surface area contributed by atoms with Crippen molar-refractivity contribution in [2.45, 2.75) is 6.92 Å². The van der Waals surface area contributed by atoms with Crippen LogP contribution in [0.15, 0.2) is 18.2 Å². The van der Waals surface area contributed by atoms with Gasteiger partial charge in [0, 0.05) is 25.2 Å². The molecule has 0 saturated heterocycles. The molecule has 0 unspecified atom stereocenters. The van der Waals surface area contributed by atoms with Crippen LogP contribution in [0.3, 0.4) is 0 Å². The second kappa shape index (κ2) is 4.19. The van der Waals surface area contributed by atoms with E-state index in [-0.39, 0.29) is 25.2 Å². The number of aromatic carboxylic acids is 1. The number of hydrogen-bond donors (Lipinski definition) is 1. The molecule has 0 bridgehead atoms. The third-order valence-corrected chi connectivity index (χ3v) is 1.11. The average Bonchev–Trinajstić information content (AvgIpc) is 1.88. The molecule has 3 nitrogen and oxygen atoms in total. The van der Waals surface area contributed by atoms with Crippen molar-refractivity contribution in [3.63, 3.8) is 0 Å². The van der Waals surface area contributed by atoms with Crippen LogP contribution in [0.25, 0.3) is 0 Å². The molecule has 0 aliphatic heterocycles. The Morgan fingerprint density at radius 2 is 2.18 bits per heavy atom. The molecule has 0 saturated carbocycles. The number of hydrogen-bond acceptors (Lipinski definition) is 2. The van der Waals surface area contributed by atoms with Crippen molar-refractivity contribution >= 4 is 5.97 Å². The zero-order valence-electron chi connectivity index (χ0n) is 6.24. The van der Waals surface area contributed by atoms with E-state index >= 15 is 0 Å². The molecule has 0 spiro atoms. The van der Waals surface area contributed by atoms with Crippen LogP contribution in [-0.2, 0) is 19.5 Å². The summed E-state index contributed by atoms with van der Waals surface area (Å²) in [5.74, 6) is -0.983. The van der Waals surface area contributed by atoms with Gasteiger partial charge in [-0.3, -0.25) is 0 Å². The fourth-order valence-corrected chi connectivity index (χ4v) is 0.662. The van der Waals surface area contributed by atoms with E-state index in [0.717, 1.165) is 5.69 Å². The van der Waals surface area contributed by atoms with Crippen molar-refractivity contribution in [2.24, 2.45) is 0 Å². The van der Waals surface area contributed by atoms with E-state index in [1.807, 2.05) is 0 Å². The van der Waals surface area contributed by atoms with Gasteiger partial charge in [0.25, 0.3) is 0 Å². The first-order valence-electron chi connectivity index (χ1n) is 2.87. The van der Waals surface area contributed by atoms with E-state index in [9.17, 15) is 4.79 Å². The minimum atomic E-state index is -0.983. The molecule has 0 aliphatic rings. The number of nitrogens with zero attached hydrogens (tertiary/aromatic N) is 1. The smallest absolute Gasteiger partial charge is 0.354 e. The van der Waals surface area contributed by atoms with Gasteiger partial charge < -0.3 is 5.11 Å². The summed E-state index contributed by atoms with van der Waals surface area (Å²) in [7, 11) is 0. The van der Waals surface area contributed by atoms with Crippen molar-refractivity contribution in [3.8, 4) is 0 Å². The molecule has 0 amide bonds. The molecule has 1 aromatic heterocycles. The van der Waals surface area contributed by atoms with Crippen LogP contribution in [-0.4, -0.2) is 16.1 Å².